The standard InChI is InChI=1S/C18H16F3N3O2/c19-18(20,21)13-5-1-2-6-14(13)24-16(26)17(7-8-17)15(25)23-11-12-4-3-9-22-10-12/h1-6,9-10H,7-8,11H2,(H,23,25)(H,24,26). The fraction of sp³-hybridized carbons (Fsp3) is 0.278. The first-order chi connectivity index (χ1) is 12.3. The van der Waals surface area contributed by atoms with E-state index in [1.807, 2.05) is 0 Å². The van der Waals surface area contributed by atoms with Gasteiger partial charge >= 0.3 is 6.18 Å². The predicted octanol–water partition coefficient (Wildman–Crippen LogP) is 3.14. The van der Waals surface area contributed by atoms with Gasteiger partial charge in [-0.05, 0) is 36.6 Å². The van der Waals surface area contributed by atoms with Crippen molar-refractivity contribution in [2.75, 3.05) is 5.32 Å². The minimum Gasteiger partial charge on any atom is -0.351 e. The van der Waals surface area contributed by atoms with Gasteiger partial charge in [0.15, 0.2) is 0 Å². The molecule has 3 rings (SSSR count). The van der Waals surface area contributed by atoms with E-state index in [2.05, 4.69) is 15.6 Å². The van der Waals surface area contributed by atoms with Crippen molar-refractivity contribution in [1.82, 2.24) is 10.3 Å². The number of pyridine rings is 1. The molecule has 0 spiro atoms. The smallest absolute Gasteiger partial charge is 0.351 e. The quantitative estimate of drug-likeness (QED) is 0.802. The van der Waals surface area contributed by atoms with Crippen molar-refractivity contribution in [1.29, 1.82) is 0 Å². The molecule has 8 heteroatoms. The summed E-state index contributed by atoms with van der Waals surface area (Å²) in [5.41, 5.74) is -1.85. The first-order valence-electron chi connectivity index (χ1n) is 7.98. The molecule has 136 valence electrons. The molecule has 5 nitrogen and oxygen atoms in total. The Morgan fingerprint density at radius 3 is 2.42 bits per heavy atom. The summed E-state index contributed by atoms with van der Waals surface area (Å²) in [5.74, 6) is -1.22. The molecule has 0 atom stereocenters. The number of halogens is 3. The SMILES string of the molecule is O=C(NCc1cccnc1)C1(C(=O)Nc2ccccc2C(F)(F)F)CC1. The number of carbonyl (C=O) groups excluding carboxylic acids is 2. The van der Waals surface area contributed by atoms with Gasteiger partial charge in [-0.1, -0.05) is 18.2 Å². The normalized spacial score (nSPS) is 15.2. The summed E-state index contributed by atoms with van der Waals surface area (Å²) in [6, 6.07) is 8.18. The topological polar surface area (TPSA) is 71.1 Å². The van der Waals surface area contributed by atoms with Crippen LogP contribution in [-0.2, 0) is 22.3 Å². The highest BCUT2D eigenvalue weighted by molar-refractivity contribution is 6.13. The Morgan fingerprint density at radius 2 is 1.81 bits per heavy atom. The maximum absolute atomic E-state index is 13.0. The van der Waals surface area contributed by atoms with E-state index in [1.54, 1.807) is 24.5 Å². The molecule has 0 saturated heterocycles. The molecular formula is C18H16F3N3O2. The van der Waals surface area contributed by atoms with E-state index < -0.39 is 29.0 Å². The molecule has 1 aliphatic carbocycles. The molecule has 0 aliphatic heterocycles. The Bertz CT molecular complexity index is 818. The fourth-order valence-corrected chi connectivity index (χ4v) is 2.62. The minimum atomic E-state index is -4.59. The van der Waals surface area contributed by atoms with Gasteiger partial charge in [-0.15, -0.1) is 0 Å². The van der Waals surface area contributed by atoms with Crippen LogP contribution in [0, 0.1) is 5.41 Å². The van der Waals surface area contributed by atoms with Crippen LogP contribution in [0.4, 0.5) is 18.9 Å². The van der Waals surface area contributed by atoms with E-state index in [1.165, 1.54) is 18.2 Å². The lowest BCUT2D eigenvalue weighted by molar-refractivity contribution is -0.137. The second-order valence-electron chi connectivity index (χ2n) is 6.12. The number of carbonyl (C=O) groups is 2. The lowest BCUT2D eigenvalue weighted by Gasteiger charge is -2.18. The van der Waals surface area contributed by atoms with E-state index in [4.69, 9.17) is 0 Å². The number of rotatable bonds is 5. The van der Waals surface area contributed by atoms with Gasteiger partial charge in [-0.25, -0.2) is 0 Å². The summed E-state index contributed by atoms with van der Waals surface area (Å²) in [7, 11) is 0. The second kappa shape index (κ2) is 6.78. The first kappa shape index (κ1) is 17.9. The fourth-order valence-electron chi connectivity index (χ4n) is 2.62. The van der Waals surface area contributed by atoms with Gasteiger partial charge < -0.3 is 10.6 Å². The number of anilines is 1. The molecule has 1 heterocycles. The van der Waals surface area contributed by atoms with Crippen molar-refractivity contribution in [2.45, 2.75) is 25.6 Å². The summed E-state index contributed by atoms with van der Waals surface area (Å²) in [6.45, 7) is 0.195. The summed E-state index contributed by atoms with van der Waals surface area (Å²) >= 11 is 0. The molecule has 1 saturated carbocycles. The molecule has 2 N–H and O–H groups in total. The second-order valence-corrected chi connectivity index (χ2v) is 6.12. The minimum absolute atomic E-state index is 0.195. The van der Waals surface area contributed by atoms with Crippen molar-refractivity contribution < 1.29 is 22.8 Å². The highest BCUT2D eigenvalue weighted by atomic mass is 19.4. The Balaban J connectivity index is 1.69. The lowest BCUT2D eigenvalue weighted by atomic mass is 10.0. The average molecular weight is 363 g/mol. The zero-order valence-corrected chi connectivity index (χ0v) is 13.6. The van der Waals surface area contributed by atoms with Gasteiger partial charge in [0.25, 0.3) is 0 Å². The Labute approximate surface area is 147 Å². The van der Waals surface area contributed by atoms with Gasteiger partial charge in [0, 0.05) is 18.9 Å². The van der Waals surface area contributed by atoms with Crippen LogP contribution in [-0.4, -0.2) is 16.8 Å². The summed E-state index contributed by atoms with van der Waals surface area (Å²) in [6.07, 6.45) is -0.820. The third-order valence-electron chi connectivity index (χ3n) is 4.28. The van der Waals surface area contributed by atoms with E-state index in [0.29, 0.717) is 12.8 Å². The van der Waals surface area contributed by atoms with E-state index >= 15 is 0 Å². The monoisotopic (exact) mass is 363 g/mol. The van der Waals surface area contributed by atoms with Crippen LogP contribution in [0.3, 0.4) is 0 Å². The molecular weight excluding hydrogens is 347 g/mol. The summed E-state index contributed by atoms with van der Waals surface area (Å²) < 4.78 is 39.1. The number of para-hydroxylation sites is 1. The van der Waals surface area contributed by atoms with Crippen molar-refractivity contribution in [2.24, 2.45) is 5.41 Å². The molecule has 1 aromatic carbocycles. The molecule has 0 unspecified atom stereocenters. The number of hydrogen-bond acceptors (Lipinski definition) is 3. The van der Waals surface area contributed by atoms with Crippen molar-refractivity contribution in [3.05, 3.63) is 59.9 Å². The Kier molecular flexibility index (Phi) is 4.67. The van der Waals surface area contributed by atoms with Gasteiger partial charge in [-0.2, -0.15) is 13.2 Å². The zero-order chi connectivity index (χ0) is 18.8. The number of benzene rings is 1. The van der Waals surface area contributed by atoms with E-state index in [0.717, 1.165) is 11.6 Å². The number of aromatic nitrogens is 1. The maximum Gasteiger partial charge on any atom is 0.418 e. The molecule has 2 amide bonds. The molecule has 1 fully saturated rings. The van der Waals surface area contributed by atoms with Crippen LogP contribution in [0.15, 0.2) is 48.8 Å². The van der Waals surface area contributed by atoms with Gasteiger partial charge in [0.1, 0.15) is 5.41 Å². The molecule has 1 aliphatic rings. The lowest BCUT2D eigenvalue weighted by Crippen LogP contribution is -2.40. The van der Waals surface area contributed by atoms with Gasteiger partial charge in [0.2, 0.25) is 11.8 Å². The Hall–Kier alpha value is -2.90. The van der Waals surface area contributed by atoms with Crippen LogP contribution < -0.4 is 10.6 Å². The van der Waals surface area contributed by atoms with Crippen LogP contribution in [0.25, 0.3) is 0 Å². The van der Waals surface area contributed by atoms with Crippen LogP contribution in [0.2, 0.25) is 0 Å². The van der Waals surface area contributed by atoms with Gasteiger partial charge in [0.05, 0.1) is 11.3 Å². The van der Waals surface area contributed by atoms with Crippen molar-refractivity contribution in [3.63, 3.8) is 0 Å². The van der Waals surface area contributed by atoms with E-state index in [9.17, 15) is 22.8 Å². The third kappa shape index (κ3) is 3.68. The summed E-state index contributed by atoms with van der Waals surface area (Å²) in [4.78, 5) is 28.8. The van der Waals surface area contributed by atoms with E-state index in [-0.39, 0.29) is 12.2 Å². The Morgan fingerprint density at radius 1 is 1.08 bits per heavy atom. The number of nitrogens with zero attached hydrogens (tertiary/aromatic N) is 1. The molecule has 1 aromatic heterocycles. The number of amides is 2. The molecule has 0 bridgehead atoms. The third-order valence-corrected chi connectivity index (χ3v) is 4.28. The zero-order valence-electron chi connectivity index (χ0n) is 13.6. The van der Waals surface area contributed by atoms with Crippen LogP contribution >= 0.6 is 0 Å². The largest absolute Gasteiger partial charge is 0.418 e. The average Bonchev–Trinajstić information content (AvgIpc) is 3.42. The number of nitrogens with one attached hydrogen (secondary N) is 2. The maximum atomic E-state index is 13.0. The highest BCUT2D eigenvalue weighted by Crippen LogP contribution is 2.47. The number of alkyl halides is 3. The summed E-state index contributed by atoms with van der Waals surface area (Å²) in [5, 5.41) is 4.92. The number of hydrogen-bond donors (Lipinski definition) is 2. The van der Waals surface area contributed by atoms with Crippen LogP contribution in [0.1, 0.15) is 24.0 Å². The predicted molar refractivity (Wildman–Crippen MR) is 87.8 cm³/mol. The highest BCUT2D eigenvalue weighted by Gasteiger charge is 2.56. The van der Waals surface area contributed by atoms with Crippen molar-refractivity contribution in [3.8, 4) is 0 Å². The molecule has 26 heavy (non-hydrogen) atoms. The molecule has 0 radical (unpaired) electrons. The molecule has 2 aromatic rings. The first-order valence-corrected chi connectivity index (χ1v) is 7.98. The van der Waals surface area contributed by atoms with Crippen molar-refractivity contribution >= 4 is 17.5 Å². The van der Waals surface area contributed by atoms with Gasteiger partial charge in [-0.3, -0.25) is 14.6 Å². The van der Waals surface area contributed by atoms with Crippen LogP contribution in [0.5, 0.6) is 0 Å².